The second kappa shape index (κ2) is 5.09. The number of aliphatic hydroxyl groups excluding tert-OH is 2. The standard InChI is InChI=1S/C11H18N2O2/c1-8-6-9(2)12-11(10(8)7-15)13(3)4-5-14/h6,14-15H,4-5,7H2,1-3H3. The van der Waals surface area contributed by atoms with E-state index in [2.05, 4.69) is 4.98 Å². The smallest absolute Gasteiger partial charge is 0.134 e. The van der Waals surface area contributed by atoms with Crippen molar-refractivity contribution in [2.45, 2.75) is 20.5 Å². The summed E-state index contributed by atoms with van der Waals surface area (Å²) in [4.78, 5) is 6.23. The van der Waals surface area contributed by atoms with Crippen molar-refractivity contribution < 1.29 is 10.2 Å². The molecule has 0 bridgehead atoms. The van der Waals surface area contributed by atoms with Crippen LogP contribution in [0.5, 0.6) is 0 Å². The number of hydrogen-bond acceptors (Lipinski definition) is 4. The fourth-order valence-corrected chi connectivity index (χ4v) is 1.61. The Morgan fingerprint density at radius 2 is 2.00 bits per heavy atom. The van der Waals surface area contributed by atoms with Gasteiger partial charge in [0.1, 0.15) is 5.82 Å². The van der Waals surface area contributed by atoms with Crippen LogP contribution < -0.4 is 4.90 Å². The summed E-state index contributed by atoms with van der Waals surface area (Å²) in [6.45, 7) is 4.45. The molecule has 0 amide bonds. The fourth-order valence-electron chi connectivity index (χ4n) is 1.61. The van der Waals surface area contributed by atoms with Crippen LogP contribution in [0.3, 0.4) is 0 Å². The first-order valence-electron chi connectivity index (χ1n) is 5.00. The van der Waals surface area contributed by atoms with Gasteiger partial charge in [-0.15, -0.1) is 0 Å². The minimum atomic E-state index is -0.0236. The van der Waals surface area contributed by atoms with Crippen molar-refractivity contribution in [3.63, 3.8) is 0 Å². The van der Waals surface area contributed by atoms with Crippen molar-refractivity contribution in [2.24, 2.45) is 0 Å². The molecule has 4 heteroatoms. The van der Waals surface area contributed by atoms with E-state index in [1.807, 2.05) is 31.9 Å². The van der Waals surface area contributed by atoms with Crippen LogP contribution in [0.4, 0.5) is 5.82 Å². The molecule has 0 aromatic carbocycles. The Balaban J connectivity index is 3.13. The van der Waals surface area contributed by atoms with E-state index >= 15 is 0 Å². The molecule has 0 saturated carbocycles. The van der Waals surface area contributed by atoms with Crippen LogP contribution in [0.2, 0.25) is 0 Å². The van der Waals surface area contributed by atoms with E-state index in [1.54, 1.807) is 0 Å². The zero-order valence-corrected chi connectivity index (χ0v) is 9.49. The largest absolute Gasteiger partial charge is 0.395 e. The molecule has 0 fully saturated rings. The Bertz CT molecular complexity index is 340. The third kappa shape index (κ3) is 2.67. The molecule has 1 aromatic heterocycles. The lowest BCUT2D eigenvalue weighted by molar-refractivity contribution is 0.279. The minimum absolute atomic E-state index is 0.0236. The summed E-state index contributed by atoms with van der Waals surface area (Å²) < 4.78 is 0. The van der Waals surface area contributed by atoms with Crippen molar-refractivity contribution in [1.29, 1.82) is 0 Å². The Hall–Kier alpha value is -1.13. The Labute approximate surface area is 90.2 Å². The van der Waals surface area contributed by atoms with Gasteiger partial charge in [-0.25, -0.2) is 4.98 Å². The third-order valence-electron chi connectivity index (χ3n) is 2.41. The normalized spacial score (nSPS) is 10.5. The highest BCUT2D eigenvalue weighted by Crippen LogP contribution is 2.21. The summed E-state index contributed by atoms with van der Waals surface area (Å²) in [6, 6.07) is 1.95. The van der Waals surface area contributed by atoms with E-state index in [-0.39, 0.29) is 13.2 Å². The molecule has 84 valence electrons. The Morgan fingerprint density at radius 3 is 2.53 bits per heavy atom. The zero-order valence-electron chi connectivity index (χ0n) is 9.49. The predicted octanol–water partition coefficient (Wildman–Crippen LogP) is 0.619. The van der Waals surface area contributed by atoms with E-state index in [4.69, 9.17) is 5.11 Å². The SMILES string of the molecule is Cc1cc(C)c(CO)c(N(C)CCO)n1. The first-order chi connectivity index (χ1) is 7.10. The molecule has 2 N–H and O–H groups in total. The molecular weight excluding hydrogens is 192 g/mol. The Kier molecular flexibility index (Phi) is 4.05. The van der Waals surface area contributed by atoms with Crippen molar-refractivity contribution in [3.05, 3.63) is 22.9 Å². The quantitative estimate of drug-likeness (QED) is 0.765. The van der Waals surface area contributed by atoms with Gasteiger partial charge in [0.25, 0.3) is 0 Å². The number of pyridine rings is 1. The van der Waals surface area contributed by atoms with Gasteiger partial charge in [0.15, 0.2) is 0 Å². The van der Waals surface area contributed by atoms with Crippen molar-refractivity contribution in [1.82, 2.24) is 4.98 Å². The van der Waals surface area contributed by atoms with E-state index in [0.29, 0.717) is 6.54 Å². The van der Waals surface area contributed by atoms with Crippen LogP contribution in [0.1, 0.15) is 16.8 Å². The number of rotatable bonds is 4. The summed E-state index contributed by atoms with van der Waals surface area (Å²) in [6.07, 6.45) is 0. The molecule has 0 unspecified atom stereocenters. The summed E-state index contributed by atoms with van der Waals surface area (Å²) in [5, 5.41) is 18.1. The lowest BCUT2D eigenvalue weighted by Gasteiger charge is -2.21. The molecule has 0 spiro atoms. The zero-order chi connectivity index (χ0) is 11.4. The van der Waals surface area contributed by atoms with E-state index in [0.717, 1.165) is 22.6 Å². The predicted molar refractivity (Wildman–Crippen MR) is 60.0 cm³/mol. The van der Waals surface area contributed by atoms with E-state index in [1.165, 1.54) is 0 Å². The second-order valence-electron chi connectivity index (χ2n) is 3.69. The molecule has 15 heavy (non-hydrogen) atoms. The number of likely N-dealkylation sites (N-methyl/N-ethyl adjacent to an activating group) is 1. The van der Waals surface area contributed by atoms with Gasteiger partial charge in [-0.1, -0.05) is 0 Å². The topological polar surface area (TPSA) is 56.6 Å². The molecule has 0 aliphatic carbocycles. The lowest BCUT2D eigenvalue weighted by Crippen LogP contribution is -2.24. The molecule has 0 radical (unpaired) electrons. The number of aliphatic hydroxyl groups is 2. The maximum atomic E-state index is 9.28. The summed E-state index contributed by atoms with van der Waals surface area (Å²) >= 11 is 0. The maximum absolute atomic E-state index is 9.28. The highest BCUT2D eigenvalue weighted by atomic mass is 16.3. The van der Waals surface area contributed by atoms with Crippen LogP contribution >= 0.6 is 0 Å². The van der Waals surface area contributed by atoms with Crippen LogP contribution in [0, 0.1) is 13.8 Å². The van der Waals surface area contributed by atoms with Gasteiger partial charge in [-0.3, -0.25) is 0 Å². The summed E-state index contributed by atoms with van der Waals surface area (Å²) in [5.74, 6) is 0.754. The highest BCUT2D eigenvalue weighted by molar-refractivity contribution is 5.50. The summed E-state index contributed by atoms with van der Waals surface area (Å²) in [7, 11) is 1.86. The van der Waals surface area contributed by atoms with Crippen LogP contribution in [0.15, 0.2) is 6.07 Å². The van der Waals surface area contributed by atoms with Gasteiger partial charge >= 0.3 is 0 Å². The number of aromatic nitrogens is 1. The minimum Gasteiger partial charge on any atom is -0.395 e. The van der Waals surface area contributed by atoms with Gasteiger partial charge in [0.2, 0.25) is 0 Å². The number of nitrogens with zero attached hydrogens (tertiary/aromatic N) is 2. The van der Waals surface area contributed by atoms with Gasteiger partial charge < -0.3 is 15.1 Å². The van der Waals surface area contributed by atoms with Crippen molar-refractivity contribution in [3.8, 4) is 0 Å². The number of aryl methyl sites for hydroxylation is 2. The molecule has 0 atom stereocenters. The first-order valence-corrected chi connectivity index (χ1v) is 5.00. The van der Waals surface area contributed by atoms with Gasteiger partial charge in [0.05, 0.1) is 13.2 Å². The molecule has 0 aliphatic rings. The second-order valence-corrected chi connectivity index (χ2v) is 3.69. The highest BCUT2D eigenvalue weighted by Gasteiger charge is 2.11. The monoisotopic (exact) mass is 210 g/mol. The summed E-state index contributed by atoms with van der Waals surface area (Å²) in [5.41, 5.74) is 2.78. The van der Waals surface area contributed by atoms with Crippen LogP contribution in [-0.2, 0) is 6.61 Å². The van der Waals surface area contributed by atoms with E-state index < -0.39 is 0 Å². The van der Waals surface area contributed by atoms with Gasteiger partial charge in [0, 0.05) is 24.8 Å². The molecule has 1 aromatic rings. The first kappa shape index (κ1) is 11.9. The maximum Gasteiger partial charge on any atom is 0.134 e. The lowest BCUT2D eigenvalue weighted by atomic mass is 10.1. The van der Waals surface area contributed by atoms with Crippen molar-refractivity contribution in [2.75, 3.05) is 25.1 Å². The Morgan fingerprint density at radius 1 is 1.33 bits per heavy atom. The average molecular weight is 210 g/mol. The van der Waals surface area contributed by atoms with Crippen molar-refractivity contribution >= 4 is 5.82 Å². The molecule has 4 nitrogen and oxygen atoms in total. The van der Waals surface area contributed by atoms with Gasteiger partial charge in [-0.05, 0) is 25.5 Å². The van der Waals surface area contributed by atoms with Crippen LogP contribution in [-0.4, -0.2) is 35.4 Å². The molecule has 0 aliphatic heterocycles. The van der Waals surface area contributed by atoms with E-state index in [9.17, 15) is 5.11 Å². The fraction of sp³-hybridized carbons (Fsp3) is 0.545. The molecule has 0 saturated heterocycles. The number of hydrogen-bond donors (Lipinski definition) is 2. The number of anilines is 1. The third-order valence-corrected chi connectivity index (χ3v) is 2.41. The van der Waals surface area contributed by atoms with Gasteiger partial charge in [-0.2, -0.15) is 0 Å². The molecular formula is C11H18N2O2. The average Bonchev–Trinajstić information content (AvgIpc) is 2.17. The molecule has 1 rings (SSSR count). The molecule has 1 heterocycles. The van der Waals surface area contributed by atoms with Crippen LogP contribution in [0.25, 0.3) is 0 Å².